The van der Waals surface area contributed by atoms with Gasteiger partial charge in [-0.25, -0.2) is 0 Å². The lowest BCUT2D eigenvalue weighted by Gasteiger charge is -1.94. The van der Waals surface area contributed by atoms with Crippen molar-refractivity contribution in [1.82, 2.24) is 0 Å². The van der Waals surface area contributed by atoms with E-state index in [2.05, 4.69) is 6.58 Å². The predicted octanol–water partition coefficient (Wildman–Crippen LogP) is 3.49. The molecule has 0 aliphatic heterocycles. The van der Waals surface area contributed by atoms with Gasteiger partial charge in [0.25, 0.3) is 0 Å². The van der Waals surface area contributed by atoms with Crippen molar-refractivity contribution < 1.29 is 10.2 Å². The molecule has 0 saturated heterocycles. The molecule has 2 nitrogen and oxygen atoms in total. The fourth-order valence-corrected chi connectivity index (χ4v) is 0.379. The molecule has 2 heteroatoms. The molecule has 0 radical (unpaired) electrons. The van der Waals surface area contributed by atoms with Crippen molar-refractivity contribution in [3.05, 3.63) is 35.8 Å². The SMILES string of the molecule is C=C/C(C)=C\C(O)=C(/C)O.CC. The summed E-state index contributed by atoms with van der Waals surface area (Å²) in [6.45, 7) is 10.7. The highest BCUT2D eigenvalue weighted by Crippen LogP contribution is 2.02. The molecule has 0 aromatic rings. The van der Waals surface area contributed by atoms with Crippen LogP contribution in [0.25, 0.3) is 0 Å². The van der Waals surface area contributed by atoms with Gasteiger partial charge in [0.1, 0.15) is 5.76 Å². The Hall–Kier alpha value is -1.18. The normalized spacial score (nSPS) is 12.5. The molecule has 0 saturated carbocycles. The fraction of sp³-hybridized carbons (Fsp3) is 0.400. The van der Waals surface area contributed by atoms with Gasteiger partial charge in [0, 0.05) is 0 Å². The number of aliphatic hydroxyl groups excluding tert-OH is 2. The van der Waals surface area contributed by atoms with Crippen LogP contribution in [0, 0.1) is 0 Å². The largest absolute Gasteiger partial charge is 0.509 e. The molecule has 70 valence electrons. The van der Waals surface area contributed by atoms with Crippen LogP contribution in [-0.4, -0.2) is 10.2 Å². The van der Waals surface area contributed by atoms with Crippen LogP contribution < -0.4 is 0 Å². The van der Waals surface area contributed by atoms with Gasteiger partial charge in [0.15, 0.2) is 5.76 Å². The topological polar surface area (TPSA) is 40.5 Å². The monoisotopic (exact) mass is 170 g/mol. The first kappa shape index (κ1) is 13.4. The van der Waals surface area contributed by atoms with Crippen molar-refractivity contribution in [2.75, 3.05) is 0 Å². The van der Waals surface area contributed by atoms with Crippen LogP contribution >= 0.6 is 0 Å². The van der Waals surface area contributed by atoms with Gasteiger partial charge in [0.05, 0.1) is 0 Å². The molecule has 0 aromatic carbocycles. The van der Waals surface area contributed by atoms with Crippen LogP contribution in [0.1, 0.15) is 27.7 Å². The Balaban J connectivity index is 0. The summed E-state index contributed by atoms with van der Waals surface area (Å²) >= 11 is 0. The van der Waals surface area contributed by atoms with E-state index in [0.29, 0.717) is 0 Å². The number of aliphatic hydroxyl groups is 2. The van der Waals surface area contributed by atoms with Gasteiger partial charge in [-0.05, 0) is 25.5 Å². The second-order valence-corrected chi connectivity index (χ2v) is 2.06. The first-order valence-electron chi connectivity index (χ1n) is 3.97. The Kier molecular flexibility index (Phi) is 8.85. The summed E-state index contributed by atoms with van der Waals surface area (Å²) in [7, 11) is 0. The quantitative estimate of drug-likeness (QED) is 0.492. The van der Waals surface area contributed by atoms with Crippen LogP contribution in [0.3, 0.4) is 0 Å². The highest BCUT2D eigenvalue weighted by atomic mass is 16.3. The maximum absolute atomic E-state index is 8.93. The standard InChI is InChI=1S/C8H12O2.C2H6/c1-4-6(2)5-8(10)7(3)9;1-2/h4-5,9-10H,1H2,2-3H3;1-2H3/b6-5-,8-7-;. The second kappa shape index (κ2) is 7.92. The first-order valence-corrected chi connectivity index (χ1v) is 3.97. The zero-order valence-corrected chi connectivity index (χ0v) is 8.26. The summed E-state index contributed by atoms with van der Waals surface area (Å²) in [5, 5.41) is 17.6. The summed E-state index contributed by atoms with van der Waals surface area (Å²) in [6.07, 6.45) is 3.04. The van der Waals surface area contributed by atoms with Crippen molar-refractivity contribution in [3.8, 4) is 0 Å². The van der Waals surface area contributed by atoms with Crippen molar-refractivity contribution in [3.63, 3.8) is 0 Å². The van der Waals surface area contributed by atoms with E-state index in [0.717, 1.165) is 5.57 Å². The lowest BCUT2D eigenvalue weighted by Crippen LogP contribution is -1.82. The Morgan fingerprint density at radius 3 is 1.83 bits per heavy atom. The second-order valence-electron chi connectivity index (χ2n) is 2.06. The van der Waals surface area contributed by atoms with E-state index in [4.69, 9.17) is 10.2 Å². The highest BCUT2D eigenvalue weighted by Gasteiger charge is 1.91. The maximum Gasteiger partial charge on any atom is 0.152 e. The molecule has 0 unspecified atom stereocenters. The van der Waals surface area contributed by atoms with Crippen LogP contribution in [-0.2, 0) is 0 Å². The molecule has 0 aliphatic rings. The first-order chi connectivity index (χ1) is 5.57. The van der Waals surface area contributed by atoms with E-state index in [-0.39, 0.29) is 11.5 Å². The molecule has 0 spiro atoms. The lowest BCUT2D eigenvalue weighted by molar-refractivity contribution is 0.339. The zero-order chi connectivity index (χ0) is 10.1. The molecule has 12 heavy (non-hydrogen) atoms. The predicted molar refractivity (Wildman–Crippen MR) is 53.3 cm³/mol. The van der Waals surface area contributed by atoms with E-state index in [9.17, 15) is 0 Å². The maximum atomic E-state index is 8.93. The smallest absolute Gasteiger partial charge is 0.152 e. The fourth-order valence-electron chi connectivity index (χ4n) is 0.379. The summed E-state index contributed by atoms with van der Waals surface area (Å²) in [4.78, 5) is 0. The molecular weight excluding hydrogens is 152 g/mol. The van der Waals surface area contributed by atoms with E-state index in [1.807, 2.05) is 13.8 Å². The van der Waals surface area contributed by atoms with E-state index < -0.39 is 0 Å². The summed E-state index contributed by atoms with van der Waals surface area (Å²) < 4.78 is 0. The molecule has 0 aromatic heterocycles. The Labute approximate surface area is 74.5 Å². The number of allylic oxidation sites excluding steroid dienone is 4. The third-order valence-electron chi connectivity index (χ3n) is 1.06. The third-order valence-corrected chi connectivity index (χ3v) is 1.06. The molecule has 0 fully saturated rings. The summed E-state index contributed by atoms with van der Waals surface area (Å²) in [6, 6.07) is 0. The minimum atomic E-state index is -0.114. The lowest BCUT2D eigenvalue weighted by atomic mass is 10.2. The molecule has 2 N–H and O–H groups in total. The Bertz CT molecular complexity index is 184. The average molecular weight is 170 g/mol. The van der Waals surface area contributed by atoms with Gasteiger partial charge in [-0.15, -0.1) is 0 Å². The van der Waals surface area contributed by atoms with Crippen LogP contribution in [0.15, 0.2) is 35.8 Å². The average Bonchev–Trinajstić information content (AvgIpc) is 2.07. The van der Waals surface area contributed by atoms with Crippen LogP contribution in [0.4, 0.5) is 0 Å². The van der Waals surface area contributed by atoms with Gasteiger partial charge < -0.3 is 10.2 Å². The highest BCUT2D eigenvalue weighted by molar-refractivity contribution is 5.24. The van der Waals surface area contributed by atoms with Gasteiger partial charge in [-0.2, -0.15) is 0 Å². The van der Waals surface area contributed by atoms with E-state index in [1.54, 1.807) is 13.0 Å². The van der Waals surface area contributed by atoms with Crippen molar-refractivity contribution in [2.45, 2.75) is 27.7 Å². The van der Waals surface area contributed by atoms with Crippen LogP contribution in [0.2, 0.25) is 0 Å². The molecule has 0 heterocycles. The van der Waals surface area contributed by atoms with Crippen molar-refractivity contribution >= 4 is 0 Å². The van der Waals surface area contributed by atoms with Crippen molar-refractivity contribution in [1.29, 1.82) is 0 Å². The third kappa shape index (κ3) is 6.93. The molecule has 0 atom stereocenters. The van der Waals surface area contributed by atoms with E-state index in [1.165, 1.54) is 13.0 Å². The minimum absolute atomic E-state index is 0.0822. The molecular formula is C10H18O2. The number of rotatable bonds is 2. The van der Waals surface area contributed by atoms with Gasteiger partial charge >= 0.3 is 0 Å². The Morgan fingerprint density at radius 2 is 1.58 bits per heavy atom. The Morgan fingerprint density at radius 1 is 1.17 bits per heavy atom. The minimum Gasteiger partial charge on any atom is -0.509 e. The molecule has 0 bridgehead atoms. The number of hydrogen-bond donors (Lipinski definition) is 2. The van der Waals surface area contributed by atoms with Crippen molar-refractivity contribution in [2.24, 2.45) is 0 Å². The van der Waals surface area contributed by atoms with Gasteiger partial charge in [-0.1, -0.05) is 26.5 Å². The molecule has 0 aliphatic carbocycles. The zero-order valence-electron chi connectivity index (χ0n) is 8.26. The molecule has 0 rings (SSSR count). The van der Waals surface area contributed by atoms with E-state index >= 15 is 0 Å². The van der Waals surface area contributed by atoms with Gasteiger partial charge in [0.2, 0.25) is 0 Å². The number of hydrogen-bond acceptors (Lipinski definition) is 2. The summed E-state index contributed by atoms with van der Waals surface area (Å²) in [5.74, 6) is -0.196. The summed E-state index contributed by atoms with van der Waals surface area (Å²) in [5.41, 5.74) is 0.811. The molecule has 0 amide bonds. The van der Waals surface area contributed by atoms with Crippen LogP contribution in [0.5, 0.6) is 0 Å². The van der Waals surface area contributed by atoms with Gasteiger partial charge in [-0.3, -0.25) is 0 Å².